The van der Waals surface area contributed by atoms with Crippen molar-refractivity contribution >= 4 is 11.9 Å². The number of ether oxygens (including phenoxy) is 1. The summed E-state index contributed by atoms with van der Waals surface area (Å²) in [5.74, 6) is -1.45. The summed E-state index contributed by atoms with van der Waals surface area (Å²) in [5, 5.41) is 8.40. The van der Waals surface area contributed by atoms with Crippen LogP contribution in [0.3, 0.4) is 0 Å². The fourth-order valence-electron chi connectivity index (χ4n) is 0.871. The fourth-order valence-corrected chi connectivity index (χ4v) is 0.871. The maximum atomic E-state index is 11.0. The summed E-state index contributed by atoms with van der Waals surface area (Å²) in [6, 6.07) is 0. The van der Waals surface area contributed by atoms with E-state index < -0.39 is 18.0 Å². The Morgan fingerprint density at radius 1 is 1.50 bits per heavy atom. The molecule has 1 N–H and O–H groups in total. The second-order valence-corrected chi connectivity index (χ2v) is 3.04. The number of aliphatic carboxylic acids is 1. The smallest absolute Gasteiger partial charge is 0.330 e. The standard InChI is InChI=1S/C10H16O4/c1-3-4-5-6-10(13)14-8(2)7-9(11)12/h5-6,8H,3-4,7H2,1-2H3,(H,11,12)/b6-5-/t8-/m1/s1. The molecule has 0 aliphatic heterocycles. The molecule has 0 fully saturated rings. The first kappa shape index (κ1) is 12.7. The van der Waals surface area contributed by atoms with Crippen LogP contribution in [0.4, 0.5) is 0 Å². The SMILES string of the molecule is CCC/C=C\C(=O)O[C@H](C)CC(=O)O. The van der Waals surface area contributed by atoms with E-state index in [4.69, 9.17) is 9.84 Å². The lowest BCUT2D eigenvalue weighted by molar-refractivity contribution is -0.147. The van der Waals surface area contributed by atoms with E-state index in [-0.39, 0.29) is 6.42 Å². The molecule has 4 nitrogen and oxygen atoms in total. The van der Waals surface area contributed by atoms with E-state index in [1.807, 2.05) is 6.92 Å². The molecule has 0 aliphatic carbocycles. The first-order valence-corrected chi connectivity index (χ1v) is 4.65. The lowest BCUT2D eigenvalue weighted by Crippen LogP contribution is -2.16. The molecule has 0 aromatic heterocycles. The van der Waals surface area contributed by atoms with E-state index in [1.54, 1.807) is 13.0 Å². The van der Waals surface area contributed by atoms with Crippen molar-refractivity contribution in [3.8, 4) is 0 Å². The van der Waals surface area contributed by atoms with Crippen molar-refractivity contribution in [2.75, 3.05) is 0 Å². The molecule has 0 saturated carbocycles. The van der Waals surface area contributed by atoms with E-state index in [9.17, 15) is 9.59 Å². The van der Waals surface area contributed by atoms with Gasteiger partial charge in [0.2, 0.25) is 0 Å². The molecular weight excluding hydrogens is 184 g/mol. The lowest BCUT2D eigenvalue weighted by Gasteiger charge is -2.08. The minimum Gasteiger partial charge on any atom is -0.481 e. The van der Waals surface area contributed by atoms with Crippen molar-refractivity contribution in [2.24, 2.45) is 0 Å². The van der Waals surface area contributed by atoms with Gasteiger partial charge in [0.25, 0.3) is 0 Å². The van der Waals surface area contributed by atoms with Gasteiger partial charge in [-0.2, -0.15) is 0 Å². The third kappa shape index (κ3) is 7.34. The van der Waals surface area contributed by atoms with E-state index in [1.165, 1.54) is 6.08 Å². The predicted molar refractivity (Wildman–Crippen MR) is 51.9 cm³/mol. The van der Waals surface area contributed by atoms with Gasteiger partial charge in [-0.1, -0.05) is 19.4 Å². The number of unbranched alkanes of at least 4 members (excludes halogenated alkanes) is 1. The first-order valence-electron chi connectivity index (χ1n) is 4.65. The number of carbonyl (C=O) groups is 2. The van der Waals surface area contributed by atoms with Crippen molar-refractivity contribution in [2.45, 2.75) is 39.2 Å². The minimum atomic E-state index is -0.970. The van der Waals surface area contributed by atoms with Crippen LogP contribution in [0.15, 0.2) is 12.2 Å². The molecule has 0 spiro atoms. The molecule has 0 unspecified atom stereocenters. The summed E-state index contributed by atoms with van der Waals surface area (Å²) >= 11 is 0. The topological polar surface area (TPSA) is 63.6 Å². The van der Waals surface area contributed by atoms with Crippen LogP contribution >= 0.6 is 0 Å². The van der Waals surface area contributed by atoms with Gasteiger partial charge in [-0.05, 0) is 13.3 Å². The van der Waals surface area contributed by atoms with Gasteiger partial charge in [0.1, 0.15) is 6.10 Å². The normalized spacial score (nSPS) is 12.7. The van der Waals surface area contributed by atoms with Gasteiger partial charge in [0.15, 0.2) is 0 Å². The van der Waals surface area contributed by atoms with Gasteiger partial charge in [-0.3, -0.25) is 4.79 Å². The second-order valence-electron chi connectivity index (χ2n) is 3.04. The molecule has 0 saturated heterocycles. The Morgan fingerprint density at radius 3 is 2.64 bits per heavy atom. The van der Waals surface area contributed by atoms with Crippen LogP contribution in [-0.2, 0) is 14.3 Å². The number of carbonyl (C=O) groups excluding carboxylic acids is 1. The molecule has 0 heterocycles. The highest BCUT2D eigenvalue weighted by Gasteiger charge is 2.10. The first-order chi connectivity index (χ1) is 6.56. The number of carboxylic acid groups (broad SMARTS) is 1. The van der Waals surface area contributed by atoms with E-state index >= 15 is 0 Å². The molecule has 14 heavy (non-hydrogen) atoms. The zero-order valence-corrected chi connectivity index (χ0v) is 8.53. The van der Waals surface area contributed by atoms with E-state index in [2.05, 4.69) is 0 Å². The minimum absolute atomic E-state index is 0.159. The highest BCUT2D eigenvalue weighted by Crippen LogP contribution is 1.99. The van der Waals surface area contributed by atoms with Crippen LogP contribution in [0.1, 0.15) is 33.1 Å². The largest absolute Gasteiger partial charge is 0.481 e. The van der Waals surface area contributed by atoms with Crippen LogP contribution in [-0.4, -0.2) is 23.1 Å². The molecule has 80 valence electrons. The third-order valence-electron chi connectivity index (χ3n) is 1.49. The average molecular weight is 200 g/mol. The Hall–Kier alpha value is -1.32. The lowest BCUT2D eigenvalue weighted by atomic mass is 10.3. The number of allylic oxidation sites excluding steroid dienone is 1. The maximum Gasteiger partial charge on any atom is 0.330 e. The number of hydrogen-bond donors (Lipinski definition) is 1. The molecular formula is C10H16O4. The van der Waals surface area contributed by atoms with E-state index in [0.29, 0.717) is 0 Å². The summed E-state index contributed by atoms with van der Waals surface area (Å²) in [7, 11) is 0. The van der Waals surface area contributed by atoms with Crippen LogP contribution in [0.2, 0.25) is 0 Å². The molecule has 0 radical (unpaired) electrons. The van der Waals surface area contributed by atoms with Gasteiger partial charge in [-0.25, -0.2) is 4.79 Å². The average Bonchev–Trinajstić information content (AvgIpc) is 2.02. The fraction of sp³-hybridized carbons (Fsp3) is 0.600. The number of hydrogen-bond acceptors (Lipinski definition) is 3. The highest BCUT2D eigenvalue weighted by molar-refractivity contribution is 5.82. The van der Waals surface area contributed by atoms with Crippen molar-refractivity contribution in [3.63, 3.8) is 0 Å². The third-order valence-corrected chi connectivity index (χ3v) is 1.49. The summed E-state index contributed by atoms with van der Waals surface area (Å²) < 4.78 is 4.80. The number of esters is 1. The molecule has 0 aliphatic rings. The van der Waals surface area contributed by atoms with Gasteiger partial charge in [0.05, 0.1) is 6.42 Å². The Morgan fingerprint density at radius 2 is 2.14 bits per heavy atom. The van der Waals surface area contributed by atoms with Gasteiger partial charge < -0.3 is 9.84 Å². The zero-order chi connectivity index (χ0) is 11.0. The summed E-state index contributed by atoms with van der Waals surface area (Å²) in [6.45, 7) is 3.56. The highest BCUT2D eigenvalue weighted by atomic mass is 16.5. The molecule has 4 heteroatoms. The van der Waals surface area contributed by atoms with Crippen LogP contribution in [0.25, 0.3) is 0 Å². The molecule has 0 bridgehead atoms. The molecule has 0 rings (SSSR count). The van der Waals surface area contributed by atoms with Crippen molar-refractivity contribution < 1.29 is 19.4 Å². The van der Waals surface area contributed by atoms with Gasteiger partial charge >= 0.3 is 11.9 Å². The summed E-state index contributed by atoms with van der Waals surface area (Å²) in [4.78, 5) is 21.3. The van der Waals surface area contributed by atoms with Crippen LogP contribution < -0.4 is 0 Å². The predicted octanol–water partition coefficient (Wildman–Crippen LogP) is 1.75. The molecule has 1 atom stereocenters. The summed E-state index contributed by atoms with van der Waals surface area (Å²) in [5.41, 5.74) is 0. The van der Waals surface area contributed by atoms with Crippen molar-refractivity contribution in [3.05, 3.63) is 12.2 Å². The van der Waals surface area contributed by atoms with Crippen LogP contribution in [0.5, 0.6) is 0 Å². The van der Waals surface area contributed by atoms with E-state index in [0.717, 1.165) is 12.8 Å². The second kappa shape index (κ2) is 7.12. The van der Waals surface area contributed by atoms with Crippen molar-refractivity contribution in [1.82, 2.24) is 0 Å². The number of rotatable bonds is 6. The maximum absolute atomic E-state index is 11.0. The quantitative estimate of drug-likeness (QED) is 0.524. The molecule has 0 amide bonds. The van der Waals surface area contributed by atoms with Crippen LogP contribution in [0, 0.1) is 0 Å². The molecule has 0 aromatic carbocycles. The van der Waals surface area contributed by atoms with Gasteiger partial charge in [0, 0.05) is 6.08 Å². The molecule has 0 aromatic rings. The Balaban J connectivity index is 3.76. The number of carboxylic acids is 1. The van der Waals surface area contributed by atoms with Gasteiger partial charge in [-0.15, -0.1) is 0 Å². The summed E-state index contributed by atoms with van der Waals surface area (Å²) in [6.07, 6.45) is 4.10. The Kier molecular flexibility index (Phi) is 6.45. The Bertz CT molecular complexity index is 220. The van der Waals surface area contributed by atoms with Crippen molar-refractivity contribution in [1.29, 1.82) is 0 Å². The zero-order valence-electron chi connectivity index (χ0n) is 8.53. The monoisotopic (exact) mass is 200 g/mol. The Labute approximate surface area is 83.6 Å².